The number of aryl methyl sites for hydroxylation is 1. The Balaban J connectivity index is 1.43. The van der Waals surface area contributed by atoms with Gasteiger partial charge in [0.25, 0.3) is 0 Å². The summed E-state index contributed by atoms with van der Waals surface area (Å²) < 4.78 is 7.78. The van der Waals surface area contributed by atoms with Gasteiger partial charge in [0.15, 0.2) is 5.16 Å². The van der Waals surface area contributed by atoms with Crippen molar-refractivity contribution in [3.8, 4) is 0 Å². The van der Waals surface area contributed by atoms with E-state index in [4.69, 9.17) is 4.42 Å². The Morgan fingerprint density at radius 2 is 1.97 bits per heavy atom. The molecule has 3 heterocycles. The maximum atomic E-state index is 12.1. The zero-order chi connectivity index (χ0) is 19.8. The highest BCUT2D eigenvalue weighted by molar-refractivity contribution is 7.98. The number of anilines is 1. The van der Waals surface area contributed by atoms with Gasteiger partial charge in [0.05, 0.1) is 0 Å². The fourth-order valence-electron chi connectivity index (χ4n) is 4.09. The summed E-state index contributed by atoms with van der Waals surface area (Å²) in [6, 6.07) is 8.29. The van der Waals surface area contributed by atoms with Gasteiger partial charge in [-0.15, -0.1) is 10.2 Å². The molecule has 2 aromatic heterocycles. The molecule has 1 aliphatic heterocycles. The minimum atomic E-state index is -0.293. The van der Waals surface area contributed by atoms with Crippen LogP contribution in [-0.2, 0) is 12.2 Å². The standard InChI is InChI=1S/C22H26N4O2S/c1-2-15-6-9-18-16(13-20(27)28-19(18)12-15)14-29-22-24-23-21(26(22)17-7-8-17)25-10-4-3-5-11-25/h6,9,12-13,17H,2-5,7-8,10-11,14H2,1H3. The fraction of sp³-hybridized carbons (Fsp3) is 0.500. The summed E-state index contributed by atoms with van der Waals surface area (Å²) in [7, 11) is 0. The molecule has 1 aromatic carbocycles. The van der Waals surface area contributed by atoms with Gasteiger partial charge in [0.1, 0.15) is 5.58 Å². The van der Waals surface area contributed by atoms with Gasteiger partial charge in [0.2, 0.25) is 5.95 Å². The SMILES string of the molecule is CCc1ccc2c(CSc3nnc(N4CCCCC4)n3C3CC3)cc(=O)oc2c1. The lowest BCUT2D eigenvalue weighted by Gasteiger charge is -2.27. The zero-order valence-corrected chi connectivity index (χ0v) is 17.6. The number of aromatic nitrogens is 3. The Bertz CT molecular complexity index is 1080. The van der Waals surface area contributed by atoms with Crippen LogP contribution in [0.5, 0.6) is 0 Å². The third-order valence-corrected chi connectivity index (χ3v) is 6.85. The summed E-state index contributed by atoms with van der Waals surface area (Å²) in [5, 5.41) is 11.0. The number of piperidine rings is 1. The van der Waals surface area contributed by atoms with E-state index in [0.29, 0.717) is 17.4 Å². The van der Waals surface area contributed by atoms with Crippen molar-refractivity contribution in [2.45, 2.75) is 62.4 Å². The van der Waals surface area contributed by atoms with Crippen molar-refractivity contribution in [3.05, 3.63) is 45.8 Å². The van der Waals surface area contributed by atoms with Gasteiger partial charge in [-0.25, -0.2) is 4.79 Å². The lowest BCUT2D eigenvalue weighted by Crippen LogP contribution is -2.31. The first-order valence-corrected chi connectivity index (χ1v) is 11.6. The Morgan fingerprint density at radius 3 is 2.72 bits per heavy atom. The molecule has 1 saturated heterocycles. The molecule has 29 heavy (non-hydrogen) atoms. The minimum absolute atomic E-state index is 0.293. The zero-order valence-electron chi connectivity index (χ0n) is 16.8. The number of thioether (sulfide) groups is 1. The van der Waals surface area contributed by atoms with E-state index in [-0.39, 0.29) is 5.63 Å². The molecule has 152 valence electrons. The average Bonchev–Trinajstić information content (AvgIpc) is 3.50. The molecule has 0 N–H and O–H groups in total. The van der Waals surface area contributed by atoms with Crippen LogP contribution in [0.1, 0.15) is 56.2 Å². The van der Waals surface area contributed by atoms with Crippen molar-refractivity contribution in [2.24, 2.45) is 0 Å². The Kier molecular flexibility index (Phi) is 5.08. The molecule has 0 radical (unpaired) electrons. The van der Waals surface area contributed by atoms with Crippen molar-refractivity contribution in [1.29, 1.82) is 0 Å². The van der Waals surface area contributed by atoms with Crippen LogP contribution >= 0.6 is 11.8 Å². The smallest absolute Gasteiger partial charge is 0.336 e. The van der Waals surface area contributed by atoms with Gasteiger partial charge in [-0.05, 0) is 55.7 Å². The van der Waals surface area contributed by atoms with E-state index >= 15 is 0 Å². The van der Waals surface area contributed by atoms with Gasteiger partial charge in [0, 0.05) is 36.3 Å². The highest BCUT2D eigenvalue weighted by atomic mass is 32.2. The molecule has 0 bridgehead atoms. The van der Waals surface area contributed by atoms with Gasteiger partial charge in [-0.3, -0.25) is 4.57 Å². The molecule has 1 aliphatic carbocycles. The summed E-state index contributed by atoms with van der Waals surface area (Å²) in [6.45, 7) is 4.24. The molecule has 1 saturated carbocycles. The Labute approximate surface area is 174 Å². The molecule has 7 heteroatoms. The first-order chi connectivity index (χ1) is 14.2. The van der Waals surface area contributed by atoms with E-state index < -0.39 is 0 Å². The summed E-state index contributed by atoms with van der Waals surface area (Å²) >= 11 is 1.67. The second kappa shape index (κ2) is 7.86. The predicted octanol–water partition coefficient (Wildman–Crippen LogP) is 4.56. The van der Waals surface area contributed by atoms with Crippen LogP contribution in [0.15, 0.2) is 38.6 Å². The molecule has 0 unspecified atom stereocenters. The van der Waals surface area contributed by atoms with Crippen LogP contribution in [0.25, 0.3) is 11.0 Å². The molecule has 0 atom stereocenters. The summed E-state index contributed by atoms with van der Waals surface area (Å²) in [4.78, 5) is 14.5. The van der Waals surface area contributed by atoms with Crippen LogP contribution in [-0.4, -0.2) is 27.9 Å². The summed E-state index contributed by atoms with van der Waals surface area (Å²) in [5.74, 6) is 1.71. The molecule has 5 rings (SSSR count). The van der Waals surface area contributed by atoms with Crippen molar-refractivity contribution < 1.29 is 4.42 Å². The van der Waals surface area contributed by atoms with Crippen molar-refractivity contribution in [3.63, 3.8) is 0 Å². The van der Waals surface area contributed by atoms with E-state index in [9.17, 15) is 4.79 Å². The molecular formula is C22H26N4O2S. The van der Waals surface area contributed by atoms with Crippen LogP contribution < -0.4 is 10.5 Å². The largest absolute Gasteiger partial charge is 0.423 e. The molecular weight excluding hydrogens is 384 g/mol. The maximum absolute atomic E-state index is 12.1. The van der Waals surface area contributed by atoms with E-state index in [1.54, 1.807) is 17.8 Å². The molecule has 3 aromatic rings. The molecule has 0 amide bonds. The normalized spacial score (nSPS) is 17.2. The highest BCUT2D eigenvalue weighted by Crippen LogP contribution is 2.42. The van der Waals surface area contributed by atoms with Crippen molar-refractivity contribution in [1.82, 2.24) is 14.8 Å². The molecule has 2 aliphatic rings. The minimum Gasteiger partial charge on any atom is -0.423 e. The third-order valence-electron chi connectivity index (χ3n) is 5.86. The predicted molar refractivity (Wildman–Crippen MR) is 116 cm³/mol. The summed E-state index contributed by atoms with van der Waals surface area (Å²) in [6.07, 6.45) is 7.08. The number of benzene rings is 1. The molecule has 0 spiro atoms. The summed E-state index contributed by atoms with van der Waals surface area (Å²) in [5.41, 5.74) is 2.54. The van der Waals surface area contributed by atoms with Crippen molar-refractivity contribution in [2.75, 3.05) is 18.0 Å². The van der Waals surface area contributed by atoms with Gasteiger partial charge >= 0.3 is 5.63 Å². The third kappa shape index (κ3) is 3.80. The number of nitrogens with zero attached hydrogens (tertiary/aromatic N) is 4. The lowest BCUT2D eigenvalue weighted by molar-refractivity contribution is 0.548. The van der Waals surface area contributed by atoms with Gasteiger partial charge in [-0.1, -0.05) is 30.8 Å². The van der Waals surface area contributed by atoms with E-state index in [0.717, 1.165) is 41.6 Å². The number of hydrogen-bond donors (Lipinski definition) is 0. The second-order valence-electron chi connectivity index (χ2n) is 7.99. The Hall–Kier alpha value is -2.28. The highest BCUT2D eigenvalue weighted by Gasteiger charge is 2.32. The first-order valence-electron chi connectivity index (χ1n) is 10.6. The molecule has 6 nitrogen and oxygen atoms in total. The Morgan fingerprint density at radius 1 is 1.14 bits per heavy atom. The van der Waals surface area contributed by atoms with Crippen LogP contribution in [0, 0.1) is 0 Å². The van der Waals surface area contributed by atoms with E-state index in [1.807, 2.05) is 6.07 Å². The van der Waals surface area contributed by atoms with E-state index in [1.165, 1.54) is 37.7 Å². The second-order valence-corrected chi connectivity index (χ2v) is 8.94. The van der Waals surface area contributed by atoms with Crippen molar-refractivity contribution >= 4 is 28.7 Å². The van der Waals surface area contributed by atoms with Gasteiger partial charge < -0.3 is 9.32 Å². The number of rotatable bonds is 6. The maximum Gasteiger partial charge on any atom is 0.336 e. The molecule has 2 fully saturated rings. The van der Waals surface area contributed by atoms with Crippen LogP contribution in [0.4, 0.5) is 5.95 Å². The van der Waals surface area contributed by atoms with Gasteiger partial charge in [-0.2, -0.15) is 0 Å². The monoisotopic (exact) mass is 410 g/mol. The number of hydrogen-bond acceptors (Lipinski definition) is 6. The van der Waals surface area contributed by atoms with E-state index in [2.05, 4.69) is 38.7 Å². The average molecular weight is 411 g/mol. The number of fused-ring (bicyclic) bond motifs is 1. The lowest BCUT2D eigenvalue weighted by atomic mass is 10.1. The van der Waals surface area contributed by atoms with Crippen LogP contribution in [0.3, 0.4) is 0 Å². The fourth-order valence-corrected chi connectivity index (χ4v) is 5.08. The topological polar surface area (TPSA) is 64.2 Å². The first kappa shape index (κ1) is 18.7. The van der Waals surface area contributed by atoms with Crippen LogP contribution in [0.2, 0.25) is 0 Å². The quantitative estimate of drug-likeness (QED) is 0.438.